The van der Waals surface area contributed by atoms with Gasteiger partial charge < -0.3 is 14.8 Å². The van der Waals surface area contributed by atoms with Crippen molar-refractivity contribution < 1.29 is 23.9 Å². The smallest absolute Gasteiger partial charge is 0.293 e. The molecular weight excluding hydrogens is 512 g/mol. The Morgan fingerprint density at radius 2 is 1.69 bits per heavy atom. The van der Waals surface area contributed by atoms with Gasteiger partial charge in [-0.3, -0.25) is 19.3 Å². The van der Waals surface area contributed by atoms with Crippen LogP contribution in [0.4, 0.5) is 4.79 Å². The Labute approximate surface area is 233 Å². The van der Waals surface area contributed by atoms with E-state index in [-0.39, 0.29) is 35.7 Å². The standard InChI is InChI=1S/C31H34N2O5S/c1-19-3-5-20(6-4-19)17-33-29(35)27(39-30(33)36)13-21-7-8-25(26(12-21)37-2)38-18-28(34)32-31-14-22-9-23(15-31)11-24(10-22)16-31/h3-8,12-13,22-24H,9-11,14-18H2,1-2H3,(H,32,34)/b27-13-. The lowest BCUT2D eigenvalue weighted by Gasteiger charge is -2.56. The minimum absolute atomic E-state index is 0.0500. The van der Waals surface area contributed by atoms with Crippen LogP contribution in [0, 0.1) is 24.7 Å². The molecule has 4 saturated carbocycles. The van der Waals surface area contributed by atoms with E-state index < -0.39 is 0 Å². The van der Waals surface area contributed by atoms with Crippen molar-refractivity contribution >= 4 is 34.9 Å². The number of methoxy groups -OCH3 is 1. The van der Waals surface area contributed by atoms with E-state index in [1.807, 2.05) is 31.2 Å². The Kier molecular flexibility index (Phi) is 6.91. The maximum atomic E-state index is 13.0. The summed E-state index contributed by atoms with van der Waals surface area (Å²) in [7, 11) is 1.54. The van der Waals surface area contributed by atoms with E-state index in [2.05, 4.69) is 5.32 Å². The number of rotatable bonds is 8. The van der Waals surface area contributed by atoms with Gasteiger partial charge in [0, 0.05) is 5.54 Å². The molecule has 39 heavy (non-hydrogen) atoms. The van der Waals surface area contributed by atoms with E-state index >= 15 is 0 Å². The first kappa shape index (κ1) is 26.0. The first-order valence-corrected chi connectivity index (χ1v) is 14.5. The van der Waals surface area contributed by atoms with Crippen LogP contribution in [-0.2, 0) is 16.1 Å². The van der Waals surface area contributed by atoms with Crippen LogP contribution in [0.15, 0.2) is 47.4 Å². The van der Waals surface area contributed by atoms with Gasteiger partial charge in [-0.25, -0.2) is 0 Å². The van der Waals surface area contributed by atoms with Crippen LogP contribution in [0.3, 0.4) is 0 Å². The molecule has 5 aliphatic rings. The van der Waals surface area contributed by atoms with Crippen molar-refractivity contribution in [3.05, 3.63) is 64.1 Å². The zero-order valence-corrected chi connectivity index (χ0v) is 23.2. The molecule has 3 amide bonds. The summed E-state index contributed by atoms with van der Waals surface area (Å²) >= 11 is 0.931. The fourth-order valence-corrected chi connectivity index (χ4v) is 8.13. The third kappa shape index (κ3) is 5.44. The van der Waals surface area contributed by atoms with Crippen molar-refractivity contribution in [2.45, 2.75) is 57.5 Å². The fourth-order valence-electron chi connectivity index (χ4n) is 7.30. The molecule has 1 N–H and O–H groups in total. The summed E-state index contributed by atoms with van der Waals surface area (Å²) in [5, 5.41) is 3.05. The number of ether oxygens (including phenoxy) is 2. The van der Waals surface area contributed by atoms with Gasteiger partial charge in [-0.1, -0.05) is 35.9 Å². The Hall–Kier alpha value is -3.26. The molecule has 0 atom stereocenters. The Morgan fingerprint density at radius 3 is 2.33 bits per heavy atom. The van der Waals surface area contributed by atoms with Gasteiger partial charge in [0.1, 0.15) is 0 Å². The summed E-state index contributed by atoms with van der Waals surface area (Å²) in [6, 6.07) is 13.1. The van der Waals surface area contributed by atoms with Crippen LogP contribution in [0.5, 0.6) is 11.5 Å². The van der Waals surface area contributed by atoms with Gasteiger partial charge >= 0.3 is 0 Å². The molecule has 7 nitrogen and oxygen atoms in total. The number of benzene rings is 2. The Balaban J connectivity index is 1.09. The number of amides is 3. The number of hydrogen-bond acceptors (Lipinski definition) is 6. The van der Waals surface area contributed by atoms with Gasteiger partial charge in [-0.05, 0) is 104 Å². The highest BCUT2D eigenvalue weighted by Gasteiger charge is 2.51. The van der Waals surface area contributed by atoms with Crippen LogP contribution >= 0.6 is 11.8 Å². The third-order valence-electron chi connectivity index (χ3n) is 8.62. The van der Waals surface area contributed by atoms with Crippen molar-refractivity contribution in [3.8, 4) is 11.5 Å². The number of nitrogens with one attached hydrogen (secondary N) is 1. The average molecular weight is 547 g/mol. The number of carbonyl (C=O) groups is 3. The first-order valence-electron chi connectivity index (χ1n) is 13.7. The van der Waals surface area contributed by atoms with Gasteiger partial charge in [-0.2, -0.15) is 0 Å². The van der Waals surface area contributed by atoms with Crippen LogP contribution < -0.4 is 14.8 Å². The highest BCUT2D eigenvalue weighted by atomic mass is 32.2. The minimum atomic E-state index is -0.314. The monoisotopic (exact) mass is 546 g/mol. The molecule has 0 radical (unpaired) electrons. The zero-order chi connectivity index (χ0) is 27.1. The summed E-state index contributed by atoms with van der Waals surface area (Å²) in [5.74, 6) is 2.79. The summed E-state index contributed by atoms with van der Waals surface area (Å²) < 4.78 is 11.4. The number of nitrogens with zero attached hydrogens (tertiary/aromatic N) is 1. The van der Waals surface area contributed by atoms with Gasteiger partial charge in [-0.15, -0.1) is 0 Å². The predicted molar refractivity (Wildman–Crippen MR) is 150 cm³/mol. The summed E-state index contributed by atoms with van der Waals surface area (Å²) in [4.78, 5) is 40.0. The van der Waals surface area contributed by atoms with Gasteiger partial charge in [0.25, 0.3) is 17.1 Å². The second-order valence-electron chi connectivity index (χ2n) is 11.7. The molecule has 5 fully saturated rings. The Morgan fingerprint density at radius 1 is 1.03 bits per heavy atom. The second kappa shape index (κ2) is 10.4. The summed E-state index contributed by atoms with van der Waals surface area (Å²) in [5.41, 5.74) is 2.68. The van der Waals surface area contributed by atoms with Crippen LogP contribution in [-0.4, -0.2) is 41.2 Å². The molecule has 0 unspecified atom stereocenters. The molecule has 1 aliphatic heterocycles. The molecular formula is C31H34N2O5S. The predicted octanol–water partition coefficient (Wildman–Crippen LogP) is 5.70. The van der Waals surface area contributed by atoms with Crippen LogP contribution in [0.1, 0.15) is 55.2 Å². The van der Waals surface area contributed by atoms with Crippen molar-refractivity contribution in [3.63, 3.8) is 0 Å². The van der Waals surface area contributed by atoms with E-state index in [0.717, 1.165) is 59.9 Å². The van der Waals surface area contributed by atoms with Crippen LogP contribution in [0.2, 0.25) is 0 Å². The number of aryl methyl sites for hydroxylation is 1. The lowest BCUT2D eigenvalue weighted by Crippen LogP contribution is -2.60. The molecule has 4 bridgehead atoms. The Bertz CT molecular complexity index is 1300. The molecule has 7 rings (SSSR count). The molecule has 0 spiro atoms. The maximum absolute atomic E-state index is 13.0. The third-order valence-corrected chi connectivity index (χ3v) is 9.53. The van der Waals surface area contributed by atoms with Gasteiger partial charge in [0.2, 0.25) is 0 Å². The molecule has 2 aromatic rings. The van der Waals surface area contributed by atoms with E-state index in [4.69, 9.17) is 9.47 Å². The van der Waals surface area contributed by atoms with E-state index in [9.17, 15) is 14.4 Å². The highest BCUT2D eigenvalue weighted by Crippen LogP contribution is 2.55. The highest BCUT2D eigenvalue weighted by molar-refractivity contribution is 8.18. The number of carbonyl (C=O) groups excluding carboxylic acids is 3. The summed E-state index contributed by atoms with van der Waals surface area (Å²) in [6.07, 6.45) is 8.96. The normalized spacial score (nSPS) is 28.3. The first-order chi connectivity index (χ1) is 18.8. The van der Waals surface area contributed by atoms with Crippen molar-refractivity contribution in [1.82, 2.24) is 10.2 Å². The average Bonchev–Trinajstić information content (AvgIpc) is 3.15. The molecule has 0 aromatic heterocycles. The van der Waals surface area contributed by atoms with E-state index in [0.29, 0.717) is 22.0 Å². The van der Waals surface area contributed by atoms with Gasteiger partial charge in [0.15, 0.2) is 18.1 Å². The largest absolute Gasteiger partial charge is 0.493 e. The van der Waals surface area contributed by atoms with Gasteiger partial charge in [0.05, 0.1) is 18.6 Å². The number of thioether (sulfide) groups is 1. The lowest BCUT2D eigenvalue weighted by molar-refractivity contribution is -0.129. The molecule has 1 saturated heterocycles. The SMILES string of the molecule is COc1cc(/C=C2\SC(=O)N(Cc3ccc(C)cc3)C2=O)ccc1OCC(=O)NC12CC3CC(CC(C3)C1)C2. The number of hydrogen-bond donors (Lipinski definition) is 1. The molecule has 8 heteroatoms. The molecule has 204 valence electrons. The zero-order valence-electron chi connectivity index (χ0n) is 22.4. The van der Waals surface area contributed by atoms with Crippen molar-refractivity contribution in [2.24, 2.45) is 17.8 Å². The topological polar surface area (TPSA) is 84.9 Å². The van der Waals surface area contributed by atoms with Crippen LogP contribution in [0.25, 0.3) is 6.08 Å². The maximum Gasteiger partial charge on any atom is 0.293 e. The lowest BCUT2D eigenvalue weighted by atomic mass is 9.53. The van der Waals surface area contributed by atoms with Crippen molar-refractivity contribution in [1.29, 1.82) is 0 Å². The molecule has 4 aliphatic carbocycles. The number of imide groups is 1. The molecule has 2 aromatic carbocycles. The summed E-state index contributed by atoms with van der Waals surface area (Å²) in [6.45, 7) is 2.16. The van der Waals surface area contributed by atoms with Crippen molar-refractivity contribution in [2.75, 3.05) is 13.7 Å². The quantitative estimate of drug-likeness (QED) is 0.428. The van der Waals surface area contributed by atoms with E-state index in [1.165, 1.54) is 31.3 Å². The fraction of sp³-hybridized carbons (Fsp3) is 0.452. The second-order valence-corrected chi connectivity index (χ2v) is 12.7. The molecule has 1 heterocycles. The minimum Gasteiger partial charge on any atom is -0.493 e. The van der Waals surface area contributed by atoms with E-state index in [1.54, 1.807) is 24.3 Å².